The molecule has 7 heteroatoms. The van der Waals surface area contributed by atoms with Crippen molar-refractivity contribution >= 4 is 35.0 Å². The minimum atomic E-state index is 0.276. The van der Waals surface area contributed by atoms with E-state index in [2.05, 4.69) is 22.3 Å². The van der Waals surface area contributed by atoms with Crippen molar-refractivity contribution in [2.24, 2.45) is 5.73 Å². The normalized spacial score (nSPS) is 10.9. The van der Waals surface area contributed by atoms with Crippen LogP contribution in [-0.2, 0) is 12.3 Å². The Morgan fingerprint density at radius 3 is 2.52 bits per heavy atom. The SMILES string of the molecule is NCc1nnc(SCc2ccccc2)n1-c1ccc(Cl)cc1Cl. The molecule has 2 aromatic carbocycles. The molecule has 0 saturated carbocycles. The molecule has 0 aliphatic heterocycles. The van der Waals surface area contributed by atoms with E-state index >= 15 is 0 Å². The lowest BCUT2D eigenvalue weighted by Gasteiger charge is -2.11. The highest BCUT2D eigenvalue weighted by Gasteiger charge is 2.16. The molecule has 0 atom stereocenters. The molecular formula is C16H14Cl2N4S. The summed E-state index contributed by atoms with van der Waals surface area (Å²) in [4.78, 5) is 0. The number of hydrogen-bond acceptors (Lipinski definition) is 4. The summed E-state index contributed by atoms with van der Waals surface area (Å²) in [6.07, 6.45) is 0. The number of rotatable bonds is 5. The van der Waals surface area contributed by atoms with E-state index < -0.39 is 0 Å². The van der Waals surface area contributed by atoms with Crippen molar-refractivity contribution in [2.75, 3.05) is 0 Å². The molecule has 0 aliphatic rings. The third kappa shape index (κ3) is 3.70. The van der Waals surface area contributed by atoms with Gasteiger partial charge >= 0.3 is 0 Å². The highest BCUT2D eigenvalue weighted by atomic mass is 35.5. The highest BCUT2D eigenvalue weighted by molar-refractivity contribution is 7.98. The van der Waals surface area contributed by atoms with Crippen LogP contribution in [0, 0.1) is 0 Å². The van der Waals surface area contributed by atoms with Gasteiger partial charge in [-0.1, -0.05) is 65.3 Å². The summed E-state index contributed by atoms with van der Waals surface area (Å²) < 4.78 is 1.88. The van der Waals surface area contributed by atoms with Gasteiger partial charge in [0.05, 0.1) is 17.3 Å². The number of halogens is 2. The van der Waals surface area contributed by atoms with Crippen LogP contribution in [0.4, 0.5) is 0 Å². The monoisotopic (exact) mass is 364 g/mol. The molecule has 1 heterocycles. The first-order valence-electron chi connectivity index (χ1n) is 6.95. The summed E-state index contributed by atoms with van der Waals surface area (Å²) in [7, 11) is 0. The molecule has 3 rings (SSSR count). The number of nitrogens with two attached hydrogens (primary N) is 1. The molecule has 3 aromatic rings. The van der Waals surface area contributed by atoms with Crippen LogP contribution < -0.4 is 5.73 Å². The maximum Gasteiger partial charge on any atom is 0.196 e. The smallest absolute Gasteiger partial charge is 0.196 e. The number of nitrogens with zero attached hydrogens (tertiary/aromatic N) is 3. The van der Waals surface area contributed by atoms with Gasteiger partial charge in [0.15, 0.2) is 11.0 Å². The maximum atomic E-state index is 6.33. The second kappa shape index (κ2) is 7.36. The van der Waals surface area contributed by atoms with Crippen LogP contribution in [0.25, 0.3) is 5.69 Å². The van der Waals surface area contributed by atoms with Crippen molar-refractivity contribution in [3.05, 3.63) is 70.0 Å². The Labute approximate surface area is 148 Å². The van der Waals surface area contributed by atoms with Crippen LogP contribution in [0.2, 0.25) is 10.0 Å². The van der Waals surface area contributed by atoms with E-state index in [0.717, 1.165) is 16.6 Å². The molecule has 0 aliphatic carbocycles. The quantitative estimate of drug-likeness (QED) is 0.684. The topological polar surface area (TPSA) is 56.7 Å². The zero-order valence-electron chi connectivity index (χ0n) is 12.1. The molecular weight excluding hydrogens is 351 g/mol. The average Bonchev–Trinajstić information content (AvgIpc) is 2.97. The van der Waals surface area contributed by atoms with Gasteiger partial charge in [-0.25, -0.2) is 0 Å². The summed E-state index contributed by atoms with van der Waals surface area (Å²) in [6.45, 7) is 0.276. The van der Waals surface area contributed by atoms with Crippen molar-refractivity contribution < 1.29 is 0 Å². The van der Waals surface area contributed by atoms with E-state index in [1.165, 1.54) is 5.56 Å². The van der Waals surface area contributed by atoms with Gasteiger partial charge in [-0.3, -0.25) is 4.57 Å². The van der Waals surface area contributed by atoms with Crippen LogP contribution in [0.5, 0.6) is 0 Å². The second-order valence-corrected chi connectivity index (χ2v) is 6.59. The predicted molar refractivity (Wildman–Crippen MR) is 95.3 cm³/mol. The summed E-state index contributed by atoms with van der Waals surface area (Å²) in [5, 5.41) is 10.3. The Balaban J connectivity index is 1.94. The molecule has 0 bridgehead atoms. The van der Waals surface area contributed by atoms with E-state index in [0.29, 0.717) is 15.9 Å². The summed E-state index contributed by atoms with van der Waals surface area (Å²) in [6, 6.07) is 15.5. The Morgan fingerprint density at radius 1 is 1.04 bits per heavy atom. The Morgan fingerprint density at radius 2 is 1.83 bits per heavy atom. The maximum absolute atomic E-state index is 6.33. The highest BCUT2D eigenvalue weighted by Crippen LogP contribution is 2.30. The molecule has 118 valence electrons. The van der Waals surface area contributed by atoms with Crippen molar-refractivity contribution in [2.45, 2.75) is 17.5 Å². The Kier molecular flexibility index (Phi) is 5.23. The first kappa shape index (κ1) is 16.3. The summed E-state index contributed by atoms with van der Waals surface area (Å²) in [5.41, 5.74) is 7.77. The van der Waals surface area contributed by atoms with Gasteiger partial charge in [-0.2, -0.15) is 0 Å². The molecule has 23 heavy (non-hydrogen) atoms. The van der Waals surface area contributed by atoms with Crippen molar-refractivity contribution in [3.8, 4) is 5.69 Å². The lowest BCUT2D eigenvalue weighted by molar-refractivity contribution is 0.823. The van der Waals surface area contributed by atoms with Crippen LogP contribution in [-0.4, -0.2) is 14.8 Å². The van der Waals surface area contributed by atoms with E-state index in [1.54, 1.807) is 23.9 Å². The van der Waals surface area contributed by atoms with E-state index in [-0.39, 0.29) is 6.54 Å². The average molecular weight is 365 g/mol. The number of hydrogen-bond donors (Lipinski definition) is 1. The number of aromatic nitrogens is 3. The van der Waals surface area contributed by atoms with Gasteiger partial charge < -0.3 is 5.73 Å². The standard InChI is InChI=1S/C16H14Cl2N4S/c17-12-6-7-14(13(18)8-12)22-15(9-19)20-21-16(22)23-10-11-4-2-1-3-5-11/h1-8H,9-10,19H2. The van der Waals surface area contributed by atoms with Crippen LogP contribution in [0.1, 0.15) is 11.4 Å². The molecule has 0 spiro atoms. The van der Waals surface area contributed by atoms with Crippen molar-refractivity contribution in [3.63, 3.8) is 0 Å². The zero-order valence-corrected chi connectivity index (χ0v) is 14.4. The van der Waals surface area contributed by atoms with Gasteiger partial charge in [0.25, 0.3) is 0 Å². The lowest BCUT2D eigenvalue weighted by Crippen LogP contribution is -2.08. The van der Waals surface area contributed by atoms with E-state index in [1.807, 2.05) is 28.8 Å². The van der Waals surface area contributed by atoms with E-state index in [4.69, 9.17) is 28.9 Å². The van der Waals surface area contributed by atoms with Crippen LogP contribution in [0.15, 0.2) is 53.7 Å². The molecule has 1 aromatic heterocycles. The number of thioether (sulfide) groups is 1. The van der Waals surface area contributed by atoms with Gasteiger partial charge in [0.2, 0.25) is 0 Å². The van der Waals surface area contributed by atoms with Gasteiger partial charge in [-0.15, -0.1) is 10.2 Å². The molecule has 0 fully saturated rings. The third-order valence-electron chi connectivity index (χ3n) is 3.24. The van der Waals surface area contributed by atoms with Crippen molar-refractivity contribution in [1.29, 1.82) is 0 Å². The first-order valence-corrected chi connectivity index (χ1v) is 8.69. The zero-order chi connectivity index (χ0) is 16.2. The summed E-state index contributed by atoms with van der Waals surface area (Å²) >= 11 is 13.9. The van der Waals surface area contributed by atoms with Crippen LogP contribution >= 0.6 is 35.0 Å². The second-order valence-electron chi connectivity index (χ2n) is 4.81. The van der Waals surface area contributed by atoms with Crippen LogP contribution in [0.3, 0.4) is 0 Å². The van der Waals surface area contributed by atoms with Gasteiger partial charge in [0.1, 0.15) is 0 Å². The molecule has 0 amide bonds. The fraction of sp³-hybridized carbons (Fsp3) is 0.125. The van der Waals surface area contributed by atoms with Gasteiger partial charge in [-0.05, 0) is 23.8 Å². The van der Waals surface area contributed by atoms with E-state index in [9.17, 15) is 0 Å². The minimum Gasteiger partial charge on any atom is -0.324 e. The predicted octanol–water partition coefficient (Wildman–Crippen LogP) is 4.33. The molecule has 0 radical (unpaired) electrons. The van der Waals surface area contributed by atoms with Gasteiger partial charge in [0, 0.05) is 10.8 Å². The first-order chi connectivity index (χ1) is 11.2. The molecule has 2 N–H and O–H groups in total. The largest absolute Gasteiger partial charge is 0.324 e. The fourth-order valence-electron chi connectivity index (χ4n) is 2.15. The lowest BCUT2D eigenvalue weighted by atomic mass is 10.2. The Hall–Kier alpha value is -1.53. The third-order valence-corrected chi connectivity index (χ3v) is 4.78. The summed E-state index contributed by atoms with van der Waals surface area (Å²) in [5.74, 6) is 1.44. The minimum absolute atomic E-state index is 0.276. The molecule has 0 unspecified atom stereocenters. The Bertz CT molecular complexity index is 805. The fourth-order valence-corrected chi connectivity index (χ4v) is 3.57. The van der Waals surface area contributed by atoms with Crippen molar-refractivity contribution in [1.82, 2.24) is 14.8 Å². The molecule has 4 nitrogen and oxygen atoms in total. The molecule has 0 saturated heterocycles. The number of benzene rings is 2.